The molecule has 0 atom stereocenters. The Morgan fingerprint density at radius 2 is 1.97 bits per heavy atom. The molecule has 0 spiro atoms. The molecule has 154 valence electrons. The number of aromatic nitrogens is 5. The van der Waals surface area contributed by atoms with E-state index in [2.05, 4.69) is 20.5 Å². The lowest BCUT2D eigenvalue weighted by atomic mass is 10.2. The molecule has 0 aliphatic carbocycles. The summed E-state index contributed by atoms with van der Waals surface area (Å²) in [4.78, 5) is 16.9. The minimum Gasteiger partial charge on any atom is -0.304 e. The third-order valence-electron chi connectivity index (χ3n) is 4.30. The highest BCUT2D eigenvalue weighted by Gasteiger charge is 2.21. The van der Waals surface area contributed by atoms with Crippen molar-refractivity contribution < 1.29 is 13.6 Å². The lowest BCUT2D eigenvalue weighted by Gasteiger charge is -2.06. The zero-order valence-electron chi connectivity index (χ0n) is 15.5. The van der Waals surface area contributed by atoms with Crippen LogP contribution < -0.4 is 5.32 Å². The number of nitrogens with one attached hydrogen (secondary N) is 1. The third-order valence-corrected chi connectivity index (χ3v) is 4.83. The van der Waals surface area contributed by atoms with E-state index >= 15 is 0 Å². The second-order valence-corrected chi connectivity index (χ2v) is 7.36. The number of carbonyl (C=O) groups excluding carboxylic acids is 1. The molecule has 3 heterocycles. The Bertz CT molecular complexity index is 1240. The molecule has 4 rings (SSSR count). The maximum absolute atomic E-state index is 13.3. The zero-order chi connectivity index (χ0) is 21.4. The van der Waals surface area contributed by atoms with Gasteiger partial charge in [0.1, 0.15) is 16.3 Å². The van der Waals surface area contributed by atoms with Crippen molar-refractivity contribution in [1.29, 1.82) is 0 Å². The van der Waals surface area contributed by atoms with Crippen LogP contribution in [0.25, 0.3) is 5.65 Å². The summed E-state index contributed by atoms with van der Waals surface area (Å²) in [6.07, 6.45) is -0.0103. The minimum absolute atomic E-state index is 0.0273. The number of aryl methyl sites for hydroxylation is 1. The van der Waals surface area contributed by atoms with Gasteiger partial charge in [-0.25, -0.2) is 18.3 Å². The summed E-state index contributed by atoms with van der Waals surface area (Å²) in [5.74, 6) is -0.473. The molecule has 1 amide bonds. The average Bonchev–Trinajstić information content (AvgIpc) is 3.26. The molecule has 0 saturated heterocycles. The topological polar surface area (TPSA) is 77.1 Å². The van der Waals surface area contributed by atoms with E-state index in [1.54, 1.807) is 29.9 Å². The van der Waals surface area contributed by atoms with Gasteiger partial charge in [-0.3, -0.25) is 9.48 Å². The lowest BCUT2D eigenvalue weighted by Crippen LogP contribution is -2.14. The van der Waals surface area contributed by atoms with Gasteiger partial charge >= 0.3 is 0 Å². The number of amides is 1. The summed E-state index contributed by atoms with van der Waals surface area (Å²) in [7, 11) is 0. The quantitative estimate of drug-likeness (QED) is 0.474. The molecule has 0 fully saturated rings. The molecular formula is C19H14Cl2F2N6O. The highest BCUT2D eigenvalue weighted by molar-refractivity contribution is 6.33. The van der Waals surface area contributed by atoms with Crippen LogP contribution in [0.3, 0.4) is 0 Å². The maximum Gasteiger partial charge on any atom is 0.280 e. The van der Waals surface area contributed by atoms with Gasteiger partial charge in [0.25, 0.3) is 12.3 Å². The third kappa shape index (κ3) is 3.99. The Hall–Kier alpha value is -3.04. The van der Waals surface area contributed by atoms with Crippen LogP contribution in [-0.4, -0.2) is 30.3 Å². The first kappa shape index (κ1) is 20.2. The molecular weight excluding hydrogens is 437 g/mol. The molecule has 0 saturated carbocycles. The number of nitrogens with zero attached hydrogens (tertiary/aromatic N) is 5. The van der Waals surface area contributed by atoms with E-state index in [0.29, 0.717) is 17.3 Å². The number of hydrogen-bond donors (Lipinski definition) is 1. The smallest absolute Gasteiger partial charge is 0.280 e. The van der Waals surface area contributed by atoms with Crippen molar-refractivity contribution in [2.45, 2.75) is 19.9 Å². The van der Waals surface area contributed by atoms with Crippen molar-refractivity contribution in [3.63, 3.8) is 0 Å². The number of halogens is 4. The van der Waals surface area contributed by atoms with E-state index in [-0.39, 0.29) is 27.7 Å². The second-order valence-electron chi connectivity index (χ2n) is 6.52. The Morgan fingerprint density at radius 1 is 1.23 bits per heavy atom. The number of anilines is 1. The molecule has 0 aliphatic rings. The molecule has 3 aromatic heterocycles. The molecule has 0 bridgehead atoms. The monoisotopic (exact) mass is 450 g/mol. The predicted octanol–water partition coefficient (Wildman–Crippen LogP) is 4.78. The summed E-state index contributed by atoms with van der Waals surface area (Å²) < 4.78 is 29.0. The first-order valence-electron chi connectivity index (χ1n) is 8.74. The number of carbonyl (C=O) groups is 1. The van der Waals surface area contributed by atoms with Gasteiger partial charge in [0.2, 0.25) is 0 Å². The Morgan fingerprint density at radius 3 is 2.67 bits per heavy atom. The van der Waals surface area contributed by atoms with Crippen LogP contribution in [0.4, 0.5) is 14.6 Å². The molecule has 0 radical (unpaired) electrons. The van der Waals surface area contributed by atoms with Gasteiger partial charge in [0.05, 0.1) is 12.7 Å². The van der Waals surface area contributed by atoms with Gasteiger partial charge in [-0.05, 0) is 30.7 Å². The number of hydrogen-bond acceptors (Lipinski definition) is 4. The molecule has 7 nitrogen and oxygen atoms in total. The minimum atomic E-state index is -2.76. The van der Waals surface area contributed by atoms with Gasteiger partial charge in [0.15, 0.2) is 11.5 Å². The maximum atomic E-state index is 13.3. The first-order valence-corrected chi connectivity index (χ1v) is 9.49. The number of rotatable bonds is 5. The predicted molar refractivity (Wildman–Crippen MR) is 108 cm³/mol. The molecule has 1 aromatic carbocycles. The summed E-state index contributed by atoms with van der Waals surface area (Å²) >= 11 is 12.1. The molecule has 1 N–H and O–H groups in total. The number of benzene rings is 1. The normalized spacial score (nSPS) is 11.4. The van der Waals surface area contributed by atoms with Gasteiger partial charge in [-0.15, -0.1) is 0 Å². The van der Waals surface area contributed by atoms with E-state index in [1.165, 1.54) is 12.3 Å². The van der Waals surface area contributed by atoms with Crippen LogP contribution in [0.1, 0.15) is 33.7 Å². The van der Waals surface area contributed by atoms with E-state index < -0.39 is 12.3 Å². The molecule has 30 heavy (non-hydrogen) atoms. The van der Waals surface area contributed by atoms with Gasteiger partial charge < -0.3 is 5.32 Å². The van der Waals surface area contributed by atoms with Crippen LogP contribution in [0.15, 0.2) is 42.7 Å². The SMILES string of the molecule is Cc1cc(C(F)F)n2ncc(C(=O)Nc3nn(Cc4ccc(Cl)cc4)cc3Cl)c2n1. The fraction of sp³-hybridized carbons (Fsp3) is 0.158. The Kier molecular flexibility index (Phi) is 5.40. The summed E-state index contributed by atoms with van der Waals surface area (Å²) in [6, 6.07) is 8.45. The number of fused-ring (bicyclic) bond motifs is 1. The van der Waals surface area contributed by atoms with E-state index in [1.807, 2.05) is 12.1 Å². The molecule has 4 aromatic rings. The van der Waals surface area contributed by atoms with E-state index in [9.17, 15) is 13.6 Å². The van der Waals surface area contributed by atoms with Crippen molar-refractivity contribution >= 4 is 40.6 Å². The average molecular weight is 451 g/mol. The van der Waals surface area contributed by atoms with Gasteiger partial charge in [0, 0.05) is 16.9 Å². The number of alkyl halides is 2. The van der Waals surface area contributed by atoms with Crippen molar-refractivity contribution in [3.8, 4) is 0 Å². The largest absolute Gasteiger partial charge is 0.304 e. The van der Waals surface area contributed by atoms with Crippen molar-refractivity contribution in [2.75, 3.05) is 5.32 Å². The highest BCUT2D eigenvalue weighted by Crippen LogP contribution is 2.24. The zero-order valence-corrected chi connectivity index (χ0v) is 17.0. The fourth-order valence-corrected chi connectivity index (χ4v) is 3.27. The molecule has 11 heteroatoms. The summed E-state index contributed by atoms with van der Waals surface area (Å²) in [5, 5.41) is 11.6. The summed E-state index contributed by atoms with van der Waals surface area (Å²) in [5.41, 5.74) is 1.00. The van der Waals surface area contributed by atoms with Gasteiger partial charge in [-0.1, -0.05) is 35.3 Å². The van der Waals surface area contributed by atoms with Crippen LogP contribution >= 0.6 is 23.2 Å². The van der Waals surface area contributed by atoms with Crippen molar-refractivity contribution in [1.82, 2.24) is 24.4 Å². The Balaban J connectivity index is 1.59. The fourth-order valence-electron chi connectivity index (χ4n) is 2.94. The standard InChI is InChI=1S/C19H14Cl2F2N6O/c1-10-6-15(16(22)23)29-18(25-10)13(7-24-29)19(30)26-17-14(21)9-28(27-17)8-11-2-4-12(20)5-3-11/h2-7,9,16H,8H2,1H3,(H,26,27,30). The van der Waals surface area contributed by atoms with Crippen LogP contribution in [0.5, 0.6) is 0 Å². The van der Waals surface area contributed by atoms with Crippen LogP contribution in [-0.2, 0) is 6.54 Å². The highest BCUT2D eigenvalue weighted by atomic mass is 35.5. The van der Waals surface area contributed by atoms with Crippen molar-refractivity contribution in [2.24, 2.45) is 0 Å². The Labute approximate surface area is 179 Å². The lowest BCUT2D eigenvalue weighted by molar-refractivity contribution is 0.102. The molecule has 0 unspecified atom stereocenters. The van der Waals surface area contributed by atoms with Crippen LogP contribution in [0, 0.1) is 6.92 Å². The van der Waals surface area contributed by atoms with Gasteiger partial charge in [-0.2, -0.15) is 10.2 Å². The van der Waals surface area contributed by atoms with Crippen molar-refractivity contribution in [3.05, 3.63) is 75.3 Å². The van der Waals surface area contributed by atoms with E-state index in [4.69, 9.17) is 23.2 Å². The van der Waals surface area contributed by atoms with E-state index in [0.717, 1.165) is 10.1 Å². The summed E-state index contributed by atoms with van der Waals surface area (Å²) in [6.45, 7) is 1.98. The second kappa shape index (κ2) is 8.00. The molecule has 0 aliphatic heterocycles. The first-order chi connectivity index (χ1) is 14.3. The van der Waals surface area contributed by atoms with Crippen LogP contribution in [0.2, 0.25) is 10.0 Å².